The van der Waals surface area contributed by atoms with Crippen LogP contribution in [0, 0.1) is 0 Å². The number of rotatable bonds is 5. The fraction of sp³-hybridized carbons (Fsp3) is 0.533. The largest absolute Gasteiger partial charge is 0.491 e. The Hall–Kier alpha value is -1.55. The number of ether oxygens (including phenoxy) is 1. The van der Waals surface area contributed by atoms with E-state index in [9.17, 15) is 4.79 Å². The van der Waals surface area contributed by atoms with Crippen LogP contribution in [0.1, 0.15) is 33.3 Å². The van der Waals surface area contributed by atoms with Crippen LogP contribution in [0.25, 0.3) is 0 Å². The van der Waals surface area contributed by atoms with E-state index in [1.807, 2.05) is 18.2 Å². The molecule has 0 heterocycles. The number of amides is 1. The Morgan fingerprint density at radius 3 is 2.58 bits per heavy atom. The molecule has 0 bridgehead atoms. The molecule has 1 aromatic carbocycles. The smallest absolute Gasteiger partial charge is 0.236 e. The lowest BCUT2D eigenvalue weighted by atomic mass is 9.86. The molecular weight excluding hydrogens is 240 g/mol. The average molecular weight is 264 g/mol. The zero-order valence-corrected chi connectivity index (χ0v) is 12.2. The molecule has 3 N–H and O–H groups in total. The normalized spacial score (nSPS) is 12.9. The predicted octanol–water partition coefficient (Wildman–Crippen LogP) is 1.83. The van der Waals surface area contributed by atoms with E-state index >= 15 is 0 Å². The lowest BCUT2D eigenvalue weighted by Gasteiger charge is -2.22. The maximum absolute atomic E-state index is 11.3. The molecule has 1 amide bonds. The molecule has 0 aliphatic carbocycles. The molecule has 4 heteroatoms. The number of hydrogen-bond donors (Lipinski definition) is 2. The molecule has 0 spiro atoms. The minimum absolute atomic E-state index is 0.0333. The zero-order chi connectivity index (χ0) is 14.5. The summed E-state index contributed by atoms with van der Waals surface area (Å²) in [6.07, 6.45) is 0. The van der Waals surface area contributed by atoms with Crippen LogP contribution in [0.2, 0.25) is 0 Å². The van der Waals surface area contributed by atoms with Crippen molar-refractivity contribution in [2.24, 2.45) is 5.73 Å². The molecule has 0 fully saturated rings. The fourth-order valence-corrected chi connectivity index (χ4v) is 1.71. The Kier molecular flexibility index (Phi) is 5.36. The number of benzene rings is 1. The highest BCUT2D eigenvalue weighted by Gasteiger charge is 2.18. The maximum atomic E-state index is 11.3. The van der Waals surface area contributed by atoms with Gasteiger partial charge in [0.15, 0.2) is 0 Å². The van der Waals surface area contributed by atoms with Crippen LogP contribution in [0.5, 0.6) is 5.75 Å². The highest BCUT2D eigenvalue weighted by molar-refractivity contribution is 5.80. The van der Waals surface area contributed by atoms with Crippen LogP contribution in [0.3, 0.4) is 0 Å². The molecule has 0 saturated heterocycles. The fourth-order valence-electron chi connectivity index (χ4n) is 1.71. The third kappa shape index (κ3) is 4.91. The van der Waals surface area contributed by atoms with E-state index in [1.54, 1.807) is 6.92 Å². The monoisotopic (exact) mass is 264 g/mol. The molecule has 19 heavy (non-hydrogen) atoms. The van der Waals surface area contributed by atoms with Crippen molar-refractivity contribution in [3.05, 3.63) is 29.8 Å². The van der Waals surface area contributed by atoms with Gasteiger partial charge in [0.2, 0.25) is 5.91 Å². The van der Waals surface area contributed by atoms with E-state index in [4.69, 9.17) is 10.5 Å². The van der Waals surface area contributed by atoms with Crippen molar-refractivity contribution in [3.8, 4) is 5.75 Å². The Morgan fingerprint density at radius 2 is 2.00 bits per heavy atom. The summed E-state index contributed by atoms with van der Waals surface area (Å²) in [6.45, 7) is 8.99. The van der Waals surface area contributed by atoms with Crippen LogP contribution < -0.4 is 15.8 Å². The summed E-state index contributed by atoms with van der Waals surface area (Å²) in [4.78, 5) is 11.3. The maximum Gasteiger partial charge on any atom is 0.236 e. The molecule has 0 saturated carbocycles. The Bertz CT molecular complexity index is 422. The highest BCUT2D eigenvalue weighted by atomic mass is 16.5. The number of hydrogen-bond acceptors (Lipinski definition) is 3. The minimum Gasteiger partial charge on any atom is -0.491 e. The van der Waals surface area contributed by atoms with Gasteiger partial charge in [-0.15, -0.1) is 0 Å². The van der Waals surface area contributed by atoms with Crippen LogP contribution in [-0.2, 0) is 10.2 Å². The van der Waals surface area contributed by atoms with Crippen molar-refractivity contribution < 1.29 is 9.53 Å². The van der Waals surface area contributed by atoms with Gasteiger partial charge in [-0.25, -0.2) is 0 Å². The first-order chi connectivity index (χ1) is 8.82. The Morgan fingerprint density at radius 1 is 1.37 bits per heavy atom. The second-order valence-corrected chi connectivity index (χ2v) is 5.67. The van der Waals surface area contributed by atoms with E-state index in [0.717, 1.165) is 11.3 Å². The molecule has 4 nitrogen and oxygen atoms in total. The third-order valence-corrected chi connectivity index (χ3v) is 2.77. The predicted molar refractivity (Wildman–Crippen MR) is 77.3 cm³/mol. The van der Waals surface area contributed by atoms with Gasteiger partial charge in [0, 0.05) is 0 Å². The molecular formula is C15H24N2O2. The average Bonchev–Trinajstić information content (AvgIpc) is 2.33. The van der Waals surface area contributed by atoms with Gasteiger partial charge in [0.25, 0.3) is 0 Å². The van der Waals surface area contributed by atoms with E-state index in [2.05, 4.69) is 32.2 Å². The van der Waals surface area contributed by atoms with Crippen molar-refractivity contribution in [2.45, 2.75) is 39.2 Å². The molecule has 0 unspecified atom stereocenters. The second kappa shape index (κ2) is 6.57. The summed E-state index contributed by atoms with van der Waals surface area (Å²) >= 11 is 0. The molecule has 1 atom stereocenters. The molecule has 0 aromatic heterocycles. The Labute approximate surface area is 115 Å². The van der Waals surface area contributed by atoms with Crippen LogP contribution in [0.15, 0.2) is 24.3 Å². The quantitative estimate of drug-likeness (QED) is 0.797. The van der Waals surface area contributed by atoms with Gasteiger partial charge in [-0.2, -0.15) is 0 Å². The van der Waals surface area contributed by atoms with Crippen molar-refractivity contribution in [2.75, 3.05) is 13.2 Å². The first kappa shape index (κ1) is 15.5. The van der Waals surface area contributed by atoms with Gasteiger partial charge in [-0.05, 0) is 24.0 Å². The molecule has 0 radical (unpaired) electrons. The van der Waals surface area contributed by atoms with E-state index < -0.39 is 6.04 Å². The van der Waals surface area contributed by atoms with Crippen molar-refractivity contribution >= 4 is 5.91 Å². The summed E-state index contributed by atoms with van der Waals surface area (Å²) in [5.41, 5.74) is 6.65. The minimum atomic E-state index is -0.484. The van der Waals surface area contributed by atoms with Gasteiger partial charge in [0.05, 0.1) is 12.6 Å². The zero-order valence-electron chi connectivity index (χ0n) is 12.2. The first-order valence-electron chi connectivity index (χ1n) is 6.58. The van der Waals surface area contributed by atoms with Gasteiger partial charge in [0.1, 0.15) is 12.4 Å². The van der Waals surface area contributed by atoms with Crippen molar-refractivity contribution in [1.82, 2.24) is 5.32 Å². The van der Waals surface area contributed by atoms with E-state index in [1.165, 1.54) is 0 Å². The lowest BCUT2D eigenvalue weighted by molar-refractivity contribution is -0.122. The summed E-state index contributed by atoms with van der Waals surface area (Å²) in [5.74, 6) is 0.706. The van der Waals surface area contributed by atoms with Gasteiger partial charge in [-0.1, -0.05) is 39.0 Å². The molecule has 106 valence electrons. The van der Waals surface area contributed by atoms with Gasteiger partial charge < -0.3 is 15.8 Å². The van der Waals surface area contributed by atoms with Gasteiger partial charge >= 0.3 is 0 Å². The molecule has 0 aliphatic heterocycles. The first-order valence-corrected chi connectivity index (χ1v) is 6.58. The lowest BCUT2D eigenvalue weighted by Crippen LogP contribution is -2.40. The molecule has 0 aliphatic rings. The number of carbonyl (C=O) groups excluding carboxylic acids is 1. The van der Waals surface area contributed by atoms with Crippen LogP contribution in [0.4, 0.5) is 0 Å². The highest BCUT2D eigenvalue weighted by Crippen LogP contribution is 2.30. The number of para-hydroxylation sites is 1. The number of nitrogens with two attached hydrogens (primary N) is 1. The van der Waals surface area contributed by atoms with E-state index in [-0.39, 0.29) is 11.3 Å². The summed E-state index contributed by atoms with van der Waals surface area (Å²) in [7, 11) is 0. The molecule has 1 rings (SSSR count). The molecule has 1 aromatic rings. The third-order valence-electron chi connectivity index (χ3n) is 2.77. The SMILES string of the molecule is C[C@@H](N)C(=O)NCCOc1ccccc1C(C)(C)C. The Balaban J connectivity index is 2.53. The van der Waals surface area contributed by atoms with Crippen LogP contribution in [-0.4, -0.2) is 25.1 Å². The number of carbonyl (C=O) groups is 1. The summed E-state index contributed by atoms with van der Waals surface area (Å²) in [5, 5.41) is 2.72. The van der Waals surface area contributed by atoms with Gasteiger partial charge in [-0.3, -0.25) is 4.79 Å². The number of nitrogens with one attached hydrogen (secondary N) is 1. The van der Waals surface area contributed by atoms with E-state index in [0.29, 0.717) is 13.2 Å². The summed E-state index contributed by atoms with van der Waals surface area (Å²) in [6, 6.07) is 7.49. The second-order valence-electron chi connectivity index (χ2n) is 5.67. The topological polar surface area (TPSA) is 64.4 Å². The standard InChI is InChI=1S/C15H24N2O2/c1-11(16)14(18)17-9-10-19-13-8-6-5-7-12(13)15(2,3)4/h5-8,11H,9-10,16H2,1-4H3,(H,17,18)/t11-/m1/s1. The van der Waals surface area contributed by atoms with Crippen LogP contribution >= 0.6 is 0 Å². The van der Waals surface area contributed by atoms with Crippen molar-refractivity contribution in [3.63, 3.8) is 0 Å². The summed E-state index contributed by atoms with van der Waals surface area (Å²) < 4.78 is 5.74. The van der Waals surface area contributed by atoms with Crippen molar-refractivity contribution in [1.29, 1.82) is 0 Å².